The van der Waals surface area contributed by atoms with Gasteiger partial charge in [0.2, 0.25) is 0 Å². The normalized spacial score (nSPS) is 10.2. The Morgan fingerprint density at radius 1 is 1.60 bits per heavy atom. The van der Waals surface area contributed by atoms with E-state index in [1.165, 1.54) is 11.3 Å². The summed E-state index contributed by atoms with van der Waals surface area (Å²) in [5, 5.41) is 4.79. The molecule has 0 radical (unpaired) electrons. The average Bonchev–Trinajstić information content (AvgIpc) is 2.65. The zero-order chi connectivity index (χ0) is 10.7. The highest BCUT2D eigenvalue weighted by atomic mass is 32.1. The fraction of sp³-hybridized carbons (Fsp3) is 0.200. The van der Waals surface area contributed by atoms with Gasteiger partial charge < -0.3 is 9.88 Å². The molecule has 0 aromatic carbocycles. The van der Waals surface area contributed by atoms with E-state index in [0.717, 1.165) is 11.4 Å². The monoisotopic (exact) mass is 221 g/mol. The fourth-order valence-corrected chi connectivity index (χ4v) is 1.97. The van der Waals surface area contributed by atoms with Crippen molar-refractivity contribution in [3.63, 3.8) is 0 Å². The van der Waals surface area contributed by atoms with Crippen molar-refractivity contribution in [1.82, 2.24) is 9.55 Å². The quantitative estimate of drug-likeness (QED) is 0.852. The number of nitrogens with zero attached hydrogens (tertiary/aromatic N) is 2. The number of thiazole rings is 1. The molecule has 0 fully saturated rings. The van der Waals surface area contributed by atoms with Gasteiger partial charge in [0, 0.05) is 30.4 Å². The molecule has 2 rings (SSSR count). The first-order chi connectivity index (χ1) is 7.31. The van der Waals surface area contributed by atoms with E-state index in [4.69, 9.17) is 0 Å². The van der Waals surface area contributed by atoms with Crippen molar-refractivity contribution >= 4 is 17.2 Å². The molecule has 2 aromatic rings. The molecule has 0 bridgehead atoms. The fourth-order valence-electron chi connectivity index (χ4n) is 1.38. The van der Waals surface area contributed by atoms with E-state index in [0.29, 0.717) is 6.54 Å². The van der Waals surface area contributed by atoms with Crippen LogP contribution in [0.2, 0.25) is 0 Å². The van der Waals surface area contributed by atoms with E-state index in [1.807, 2.05) is 19.2 Å². The molecule has 0 spiro atoms. The Kier molecular flexibility index (Phi) is 2.82. The van der Waals surface area contributed by atoms with E-state index in [-0.39, 0.29) is 4.87 Å². The van der Waals surface area contributed by atoms with Crippen LogP contribution in [0, 0.1) is 0 Å². The van der Waals surface area contributed by atoms with Crippen molar-refractivity contribution in [2.75, 3.05) is 12.4 Å². The summed E-state index contributed by atoms with van der Waals surface area (Å²) in [5.74, 6) is 0.815. The molecule has 0 aliphatic heterocycles. The molecule has 5 heteroatoms. The molecule has 4 nitrogen and oxygen atoms in total. The van der Waals surface area contributed by atoms with Gasteiger partial charge in [-0.15, -0.1) is 0 Å². The second kappa shape index (κ2) is 4.27. The highest BCUT2D eigenvalue weighted by molar-refractivity contribution is 7.07. The molecule has 0 atom stereocenters. The number of nitrogens with one attached hydrogen (secondary N) is 1. The molecule has 1 N–H and O–H groups in total. The van der Waals surface area contributed by atoms with Gasteiger partial charge in [0.1, 0.15) is 5.82 Å². The highest BCUT2D eigenvalue weighted by Gasteiger charge is 2.03. The summed E-state index contributed by atoms with van der Waals surface area (Å²) in [5.41, 5.74) is 1.01. The van der Waals surface area contributed by atoms with Crippen LogP contribution in [0.3, 0.4) is 0 Å². The maximum Gasteiger partial charge on any atom is 0.307 e. The predicted octanol–water partition coefficient (Wildman–Crippen LogP) is 1.39. The van der Waals surface area contributed by atoms with Crippen LogP contribution in [0.25, 0.3) is 0 Å². The molecule has 2 heterocycles. The van der Waals surface area contributed by atoms with Crippen molar-refractivity contribution in [2.24, 2.45) is 0 Å². The summed E-state index contributed by atoms with van der Waals surface area (Å²) >= 11 is 1.20. The standard InChI is InChI=1S/C10H11N3OS/c1-11-9-8(3-2-4-12-9)7-13-5-6-15-10(13)14/h2-6H,7H2,1H3,(H,11,12). The van der Waals surface area contributed by atoms with Crippen LogP contribution in [0.1, 0.15) is 5.56 Å². The largest absolute Gasteiger partial charge is 0.373 e. The zero-order valence-corrected chi connectivity index (χ0v) is 9.12. The maximum atomic E-state index is 11.4. The van der Waals surface area contributed by atoms with Crippen LogP contribution in [0.5, 0.6) is 0 Å². The van der Waals surface area contributed by atoms with Gasteiger partial charge in [0.05, 0.1) is 6.54 Å². The van der Waals surface area contributed by atoms with Crippen LogP contribution < -0.4 is 10.2 Å². The summed E-state index contributed by atoms with van der Waals surface area (Å²) in [7, 11) is 1.82. The van der Waals surface area contributed by atoms with E-state index >= 15 is 0 Å². The first-order valence-electron chi connectivity index (χ1n) is 4.57. The smallest absolute Gasteiger partial charge is 0.307 e. The first kappa shape index (κ1) is 9.92. The SMILES string of the molecule is CNc1ncccc1Cn1ccsc1=O. The third-order valence-corrected chi connectivity index (χ3v) is 2.81. The van der Waals surface area contributed by atoms with Gasteiger partial charge in [-0.1, -0.05) is 17.4 Å². The summed E-state index contributed by atoms with van der Waals surface area (Å²) in [6, 6.07) is 3.83. The number of hydrogen-bond acceptors (Lipinski definition) is 4. The van der Waals surface area contributed by atoms with Crippen LogP contribution in [-0.4, -0.2) is 16.6 Å². The molecule has 78 valence electrons. The van der Waals surface area contributed by atoms with Crippen molar-refractivity contribution in [2.45, 2.75) is 6.54 Å². The topological polar surface area (TPSA) is 46.9 Å². The van der Waals surface area contributed by atoms with E-state index < -0.39 is 0 Å². The zero-order valence-electron chi connectivity index (χ0n) is 8.30. The molecule has 0 aliphatic rings. The minimum atomic E-state index is 0.0564. The maximum absolute atomic E-state index is 11.4. The number of pyridine rings is 1. The summed E-state index contributed by atoms with van der Waals surface area (Å²) in [4.78, 5) is 15.6. The molecular formula is C10H11N3OS. The number of hydrogen-bond donors (Lipinski definition) is 1. The molecule has 15 heavy (non-hydrogen) atoms. The van der Waals surface area contributed by atoms with Crippen LogP contribution >= 0.6 is 11.3 Å². The van der Waals surface area contributed by atoms with E-state index in [1.54, 1.807) is 22.3 Å². The van der Waals surface area contributed by atoms with Crippen molar-refractivity contribution in [3.8, 4) is 0 Å². The van der Waals surface area contributed by atoms with Gasteiger partial charge in [-0.3, -0.25) is 4.79 Å². The lowest BCUT2D eigenvalue weighted by molar-refractivity contribution is 0.782. The third kappa shape index (κ3) is 2.07. The Balaban J connectivity index is 2.32. The summed E-state index contributed by atoms with van der Waals surface area (Å²) in [6.45, 7) is 0.562. The lowest BCUT2D eigenvalue weighted by atomic mass is 10.2. The van der Waals surface area contributed by atoms with Gasteiger partial charge in [0.15, 0.2) is 0 Å². The van der Waals surface area contributed by atoms with Crippen molar-refractivity contribution < 1.29 is 0 Å². The molecule has 0 aliphatic carbocycles. The lowest BCUT2D eigenvalue weighted by Crippen LogP contribution is -2.13. The third-order valence-electron chi connectivity index (χ3n) is 2.11. The van der Waals surface area contributed by atoms with Crippen LogP contribution in [0.15, 0.2) is 34.7 Å². The Hall–Kier alpha value is -1.62. The van der Waals surface area contributed by atoms with Gasteiger partial charge in [-0.2, -0.15) is 0 Å². The van der Waals surface area contributed by atoms with Crippen LogP contribution in [-0.2, 0) is 6.54 Å². The average molecular weight is 221 g/mol. The van der Waals surface area contributed by atoms with Crippen LogP contribution in [0.4, 0.5) is 5.82 Å². The Morgan fingerprint density at radius 3 is 3.13 bits per heavy atom. The Bertz CT molecular complexity index is 503. The van der Waals surface area contributed by atoms with Crippen molar-refractivity contribution in [3.05, 3.63) is 45.1 Å². The molecule has 2 aromatic heterocycles. The predicted molar refractivity (Wildman–Crippen MR) is 61.5 cm³/mol. The Labute approximate surface area is 91.2 Å². The molecule has 0 amide bonds. The number of aromatic nitrogens is 2. The van der Waals surface area contributed by atoms with Gasteiger partial charge >= 0.3 is 4.87 Å². The molecule has 0 saturated heterocycles. The minimum absolute atomic E-state index is 0.0564. The number of rotatable bonds is 3. The minimum Gasteiger partial charge on any atom is -0.373 e. The van der Waals surface area contributed by atoms with Gasteiger partial charge in [0.25, 0.3) is 0 Å². The van der Waals surface area contributed by atoms with E-state index in [2.05, 4.69) is 10.3 Å². The first-order valence-corrected chi connectivity index (χ1v) is 5.45. The van der Waals surface area contributed by atoms with E-state index in [9.17, 15) is 4.79 Å². The second-order valence-corrected chi connectivity index (χ2v) is 3.92. The molecule has 0 unspecified atom stereocenters. The van der Waals surface area contributed by atoms with Gasteiger partial charge in [-0.05, 0) is 6.07 Å². The number of anilines is 1. The molecule has 0 saturated carbocycles. The highest BCUT2D eigenvalue weighted by Crippen LogP contribution is 2.11. The summed E-state index contributed by atoms with van der Waals surface area (Å²) in [6.07, 6.45) is 3.52. The van der Waals surface area contributed by atoms with Gasteiger partial charge in [-0.25, -0.2) is 4.98 Å². The molecular weight excluding hydrogens is 210 g/mol. The van der Waals surface area contributed by atoms with Crippen molar-refractivity contribution in [1.29, 1.82) is 0 Å². The Morgan fingerprint density at radius 2 is 2.47 bits per heavy atom. The second-order valence-electron chi connectivity index (χ2n) is 3.06. The lowest BCUT2D eigenvalue weighted by Gasteiger charge is -2.07. The summed E-state index contributed by atoms with van der Waals surface area (Å²) < 4.78 is 1.67.